The summed E-state index contributed by atoms with van der Waals surface area (Å²) in [5, 5.41) is 0. The molecule has 0 heterocycles. The van der Waals surface area contributed by atoms with Crippen LogP contribution in [0, 0.1) is 0 Å². The van der Waals surface area contributed by atoms with Gasteiger partial charge in [-0.1, -0.05) is 0 Å². The van der Waals surface area contributed by atoms with E-state index in [-0.39, 0.29) is 24.8 Å². The molecule has 2 aliphatic rings. The van der Waals surface area contributed by atoms with Gasteiger partial charge in [0.15, 0.2) is 0 Å². The van der Waals surface area contributed by atoms with Crippen molar-refractivity contribution in [3.63, 3.8) is 0 Å². The van der Waals surface area contributed by atoms with Crippen molar-refractivity contribution in [3.05, 3.63) is 62.5 Å². The van der Waals surface area contributed by atoms with E-state index in [0.717, 1.165) is 3.63 Å². The summed E-state index contributed by atoms with van der Waals surface area (Å²) in [5.74, 6) is 0. The van der Waals surface area contributed by atoms with Crippen molar-refractivity contribution in [1.82, 2.24) is 0 Å². The van der Waals surface area contributed by atoms with E-state index in [1.54, 1.807) is 14.4 Å². The normalized spacial score (nSPS) is 19.1. The van der Waals surface area contributed by atoms with Crippen LogP contribution in [0.25, 0.3) is 6.08 Å². The van der Waals surface area contributed by atoms with Gasteiger partial charge < -0.3 is 24.8 Å². The minimum absolute atomic E-state index is 0. The van der Waals surface area contributed by atoms with Crippen molar-refractivity contribution < 1.29 is 48.0 Å². The summed E-state index contributed by atoms with van der Waals surface area (Å²) in [6, 6.07) is 8.89. The zero-order valence-electron chi connectivity index (χ0n) is 10.2. The van der Waals surface area contributed by atoms with Crippen LogP contribution in [-0.2, 0) is 23.2 Å². The minimum atomic E-state index is -0.464. The number of hydrogen-bond acceptors (Lipinski definition) is 0. The first-order chi connectivity index (χ1) is 7.84. The Kier molecular flexibility index (Phi) is 6.11. The molecular formula is C15H14Cl2Zr. The Morgan fingerprint density at radius 2 is 1.94 bits per heavy atom. The molecule has 0 aliphatic heterocycles. The van der Waals surface area contributed by atoms with Crippen molar-refractivity contribution in [3.8, 4) is 0 Å². The van der Waals surface area contributed by atoms with Gasteiger partial charge in [0.05, 0.1) is 0 Å². The molecule has 18 heavy (non-hydrogen) atoms. The second kappa shape index (κ2) is 6.89. The van der Waals surface area contributed by atoms with Crippen LogP contribution in [0.4, 0.5) is 0 Å². The first kappa shape index (κ1) is 16.0. The topological polar surface area (TPSA) is 0 Å². The van der Waals surface area contributed by atoms with Crippen LogP contribution in [-0.4, -0.2) is 0 Å². The van der Waals surface area contributed by atoms with Crippen LogP contribution in [0.2, 0.25) is 0 Å². The zero-order chi connectivity index (χ0) is 11.0. The van der Waals surface area contributed by atoms with E-state index in [9.17, 15) is 0 Å². The predicted molar refractivity (Wildman–Crippen MR) is 64.7 cm³/mol. The summed E-state index contributed by atoms with van der Waals surface area (Å²) in [4.78, 5) is 0. The summed E-state index contributed by atoms with van der Waals surface area (Å²) in [6.07, 6.45) is 10.5. The molecule has 0 saturated heterocycles. The number of rotatable bonds is 2. The molecule has 0 amide bonds. The average molecular weight is 356 g/mol. The average Bonchev–Trinajstić information content (AvgIpc) is 2.89. The monoisotopic (exact) mass is 354 g/mol. The number of allylic oxidation sites excluding steroid dienone is 5. The molecule has 3 rings (SSSR count). The second-order valence-electron chi connectivity index (χ2n) is 4.42. The Labute approximate surface area is 133 Å². The van der Waals surface area contributed by atoms with Crippen molar-refractivity contribution in [2.75, 3.05) is 0 Å². The maximum absolute atomic E-state index is 2.38. The molecule has 0 bridgehead atoms. The predicted octanol–water partition coefficient (Wildman–Crippen LogP) is -1.92. The van der Waals surface area contributed by atoms with Crippen LogP contribution >= 0.6 is 0 Å². The summed E-state index contributed by atoms with van der Waals surface area (Å²) in [6.45, 7) is 2.30. The van der Waals surface area contributed by atoms with Crippen molar-refractivity contribution in [1.29, 1.82) is 0 Å². The van der Waals surface area contributed by atoms with Gasteiger partial charge in [0.25, 0.3) is 0 Å². The standard InChI is InChI=1S/C10H9.C5H5.2ClH.Zr/c1-8-6-9-4-2-3-5-10(9)7-8;1-2-4-5-3-1;;;/h2-7H,1H3;1-3H,4H2;2*1H;/q;;;;+2/p-2. The molecule has 0 nitrogen and oxygen atoms in total. The van der Waals surface area contributed by atoms with Crippen LogP contribution < -0.4 is 24.8 Å². The largest absolute Gasteiger partial charge is 1.00 e. The number of halogens is 2. The maximum atomic E-state index is 2.38. The van der Waals surface area contributed by atoms with E-state index in [2.05, 4.69) is 55.5 Å². The fraction of sp³-hybridized carbons (Fsp3) is 0.200. The van der Waals surface area contributed by atoms with E-state index in [1.165, 1.54) is 12.0 Å². The molecule has 0 N–H and O–H groups in total. The Morgan fingerprint density at radius 1 is 1.17 bits per heavy atom. The van der Waals surface area contributed by atoms with E-state index >= 15 is 0 Å². The third-order valence-electron chi connectivity index (χ3n) is 3.25. The quantitative estimate of drug-likeness (QED) is 0.580. The SMILES string of the molecule is CC1=Cc2ccccc2[CH]1[Zr+2][C]1=CC=CC1.[Cl-].[Cl-]. The zero-order valence-corrected chi connectivity index (χ0v) is 14.1. The van der Waals surface area contributed by atoms with E-state index < -0.39 is 23.2 Å². The van der Waals surface area contributed by atoms with Crippen LogP contribution in [0.3, 0.4) is 0 Å². The number of fused-ring (bicyclic) bond motifs is 1. The third-order valence-corrected chi connectivity index (χ3v) is 7.66. The van der Waals surface area contributed by atoms with Crippen molar-refractivity contribution >= 4 is 6.08 Å². The van der Waals surface area contributed by atoms with Gasteiger partial charge in [0, 0.05) is 0 Å². The molecule has 92 valence electrons. The molecule has 2 aliphatic carbocycles. The van der Waals surface area contributed by atoms with Gasteiger partial charge in [-0.2, -0.15) is 0 Å². The molecule has 1 aromatic rings. The van der Waals surface area contributed by atoms with Gasteiger partial charge in [-0.3, -0.25) is 0 Å². The molecule has 0 spiro atoms. The smallest absolute Gasteiger partial charge is 1.00 e. The third kappa shape index (κ3) is 3.07. The minimum Gasteiger partial charge on any atom is -1.00 e. The molecule has 0 aromatic heterocycles. The van der Waals surface area contributed by atoms with E-state index in [1.807, 2.05) is 0 Å². The Bertz CT molecular complexity index is 515. The van der Waals surface area contributed by atoms with Gasteiger partial charge in [-0.05, 0) is 0 Å². The number of benzene rings is 1. The Morgan fingerprint density at radius 3 is 2.67 bits per heavy atom. The second-order valence-corrected chi connectivity index (χ2v) is 8.13. The van der Waals surface area contributed by atoms with E-state index in [4.69, 9.17) is 0 Å². The van der Waals surface area contributed by atoms with Crippen LogP contribution in [0.15, 0.2) is 51.3 Å². The van der Waals surface area contributed by atoms with Crippen molar-refractivity contribution in [2.45, 2.75) is 17.0 Å². The number of hydrogen-bond donors (Lipinski definition) is 0. The van der Waals surface area contributed by atoms with Gasteiger partial charge in [0.1, 0.15) is 0 Å². The van der Waals surface area contributed by atoms with Gasteiger partial charge in [-0.15, -0.1) is 0 Å². The summed E-state index contributed by atoms with van der Waals surface area (Å²) in [7, 11) is 0. The first-order valence-corrected chi connectivity index (χ1v) is 8.39. The fourth-order valence-corrected chi connectivity index (χ4v) is 6.17. The molecule has 1 unspecified atom stereocenters. The maximum Gasteiger partial charge on any atom is -1.00 e. The Balaban J connectivity index is 0.000000810. The molecule has 1 aromatic carbocycles. The Hall–Kier alpha value is -0.0969. The molecule has 1 atom stereocenters. The molecular weight excluding hydrogens is 342 g/mol. The van der Waals surface area contributed by atoms with Crippen LogP contribution in [0.5, 0.6) is 0 Å². The van der Waals surface area contributed by atoms with Crippen LogP contribution in [0.1, 0.15) is 28.1 Å². The van der Waals surface area contributed by atoms with E-state index in [0.29, 0.717) is 0 Å². The summed E-state index contributed by atoms with van der Waals surface area (Å²) in [5.41, 5.74) is 4.62. The molecule has 0 radical (unpaired) electrons. The molecule has 0 saturated carbocycles. The fourth-order valence-electron chi connectivity index (χ4n) is 2.41. The summed E-state index contributed by atoms with van der Waals surface area (Å²) >= 11 is -0.464. The molecule has 0 fully saturated rings. The summed E-state index contributed by atoms with van der Waals surface area (Å²) < 4.78 is 2.52. The molecule has 3 heteroatoms. The van der Waals surface area contributed by atoms with Gasteiger partial charge in [-0.25, -0.2) is 0 Å². The van der Waals surface area contributed by atoms with Gasteiger partial charge in [0.2, 0.25) is 0 Å². The van der Waals surface area contributed by atoms with Gasteiger partial charge >= 0.3 is 109 Å². The first-order valence-electron chi connectivity index (χ1n) is 5.74. The van der Waals surface area contributed by atoms with Crippen molar-refractivity contribution in [2.24, 2.45) is 0 Å².